The molecule has 0 saturated heterocycles. The topological polar surface area (TPSA) is 136 Å². The van der Waals surface area contributed by atoms with Gasteiger partial charge in [0.1, 0.15) is 5.75 Å². The van der Waals surface area contributed by atoms with Crippen molar-refractivity contribution in [3.05, 3.63) is 29.8 Å². The largest absolute Gasteiger partial charge is 0.482 e. The number of carbonyl (C=O) groups excluding carboxylic acids is 1. The number of benzene rings is 1. The molecule has 0 aliphatic heterocycles. The zero-order valence-electron chi connectivity index (χ0n) is 12.3. The fraction of sp³-hybridized carbons (Fsp3) is 0.429. The minimum Gasteiger partial charge on any atom is -0.482 e. The van der Waals surface area contributed by atoms with Crippen LogP contribution in [0.15, 0.2) is 24.3 Å². The molecule has 1 saturated carbocycles. The molecule has 1 fully saturated rings. The van der Waals surface area contributed by atoms with Crippen molar-refractivity contribution in [1.82, 2.24) is 4.72 Å². The van der Waals surface area contributed by atoms with Crippen molar-refractivity contribution in [3.8, 4) is 5.75 Å². The number of sulfonamides is 1. The molecule has 9 heteroatoms. The van der Waals surface area contributed by atoms with Gasteiger partial charge in [0.15, 0.2) is 6.61 Å². The van der Waals surface area contributed by atoms with Crippen LogP contribution in [0.5, 0.6) is 5.75 Å². The first-order valence-electron chi connectivity index (χ1n) is 7.02. The van der Waals surface area contributed by atoms with Gasteiger partial charge in [-0.2, -0.15) is 0 Å². The van der Waals surface area contributed by atoms with Gasteiger partial charge in [-0.05, 0) is 37.0 Å². The summed E-state index contributed by atoms with van der Waals surface area (Å²) in [7, 11) is -3.60. The number of carbonyl (C=O) groups is 2. The van der Waals surface area contributed by atoms with E-state index in [4.69, 9.17) is 15.6 Å². The van der Waals surface area contributed by atoms with E-state index in [1.807, 2.05) is 4.72 Å². The Morgan fingerprint density at radius 3 is 2.43 bits per heavy atom. The molecule has 126 valence electrons. The van der Waals surface area contributed by atoms with E-state index >= 15 is 0 Å². The van der Waals surface area contributed by atoms with Crippen molar-refractivity contribution in [2.24, 2.45) is 5.73 Å². The Balaban J connectivity index is 1.87. The smallest absolute Gasteiger partial charge is 0.341 e. The SMILES string of the molecule is N[C@@H](Cc1ccc(OCC(=O)O)cc1)C(=O)NS(=O)(=O)C1CC1. The van der Waals surface area contributed by atoms with Crippen LogP contribution in [0.25, 0.3) is 0 Å². The second-order valence-corrected chi connectivity index (χ2v) is 7.31. The van der Waals surface area contributed by atoms with Crippen LogP contribution in [0.1, 0.15) is 18.4 Å². The summed E-state index contributed by atoms with van der Waals surface area (Å²) in [5, 5.41) is 8.03. The lowest BCUT2D eigenvalue weighted by Gasteiger charge is -2.13. The predicted molar refractivity (Wildman–Crippen MR) is 81.3 cm³/mol. The minimum atomic E-state index is -3.60. The number of ether oxygens (including phenoxy) is 1. The van der Waals surface area contributed by atoms with Crippen LogP contribution in [0, 0.1) is 0 Å². The van der Waals surface area contributed by atoms with Crippen molar-refractivity contribution in [1.29, 1.82) is 0 Å². The number of hydrogen-bond acceptors (Lipinski definition) is 6. The Kier molecular flexibility index (Phi) is 5.22. The van der Waals surface area contributed by atoms with Crippen LogP contribution < -0.4 is 15.2 Å². The fourth-order valence-corrected chi connectivity index (χ4v) is 3.25. The molecule has 1 aromatic rings. The molecule has 1 amide bonds. The number of nitrogens with one attached hydrogen (secondary N) is 1. The van der Waals surface area contributed by atoms with Crippen molar-refractivity contribution in [2.75, 3.05) is 6.61 Å². The van der Waals surface area contributed by atoms with Gasteiger partial charge in [0.2, 0.25) is 10.0 Å². The molecule has 0 aromatic heterocycles. The highest BCUT2D eigenvalue weighted by atomic mass is 32.2. The molecule has 8 nitrogen and oxygen atoms in total. The van der Waals surface area contributed by atoms with Crippen LogP contribution in [0.2, 0.25) is 0 Å². The second kappa shape index (κ2) is 6.97. The molecule has 4 N–H and O–H groups in total. The predicted octanol–water partition coefficient (Wildman–Crippen LogP) is -0.372. The van der Waals surface area contributed by atoms with Crippen molar-refractivity contribution >= 4 is 21.9 Å². The Labute approximate surface area is 133 Å². The Morgan fingerprint density at radius 1 is 1.30 bits per heavy atom. The first-order chi connectivity index (χ1) is 10.8. The highest BCUT2D eigenvalue weighted by Gasteiger charge is 2.37. The maximum atomic E-state index is 11.8. The number of carboxylic acid groups (broad SMARTS) is 1. The van der Waals surface area contributed by atoms with Gasteiger partial charge >= 0.3 is 5.97 Å². The summed E-state index contributed by atoms with van der Waals surface area (Å²) in [6.45, 7) is -0.444. The van der Waals surface area contributed by atoms with Gasteiger partial charge in [0.25, 0.3) is 5.91 Å². The third-order valence-corrected chi connectivity index (χ3v) is 5.12. The lowest BCUT2D eigenvalue weighted by molar-refractivity contribution is -0.139. The van der Waals surface area contributed by atoms with Crippen LogP contribution in [0.3, 0.4) is 0 Å². The summed E-state index contributed by atoms with van der Waals surface area (Å²) >= 11 is 0. The summed E-state index contributed by atoms with van der Waals surface area (Å²) in [6.07, 6.45) is 1.29. The third-order valence-electron chi connectivity index (χ3n) is 3.28. The van der Waals surface area contributed by atoms with E-state index in [1.165, 1.54) is 0 Å². The first kappa shape index (κ1) is 17.2. The van der Waals surface area contributed by atoms with E-state index in [0.29, 0.717) is 24.2 Å². The van der Waals surface area contributed by atoms with Gasteiger partial charge in [-0.25, -0.2) is 13.2 Å². The van der Waals surface area contributed by atoms with Gasteiger partial charge in [-0.15, -0.1) is 0 Å². The maximum Gasteiger partial charge on any atom is 0.341 e. The third kappa shape index (κ3) is 5.22. The van der Waals surface area contributed by atoms with Crippen LogP contribution in [-0.2, 0) is 26.0 Å². The number of aliphatic carboxylic acids is 1. The number of rotatable bonds is 8. The molecule has 0 heterocycles. The van der Waals surface area contributed by atoms with Crippen molar-refractivity contribution in [3.63, 3.8) is 0 Å². The number of amides is 1. The molecule has 0 spiro atoms. The van der Waals surface area contributed by atoms with Crippen molar-refractivity contribution < 1.29 is 27.9 Å². The first-order valence-corrected chi connectivity index (χ1v) is 8.57. The minimum absolute atomic E-state index is 0.158. The highest BCUT2D eigenvalue weighted by Crippen LogP contribution is 2.27. The summed E-state index contributed by atoms with van der Waals surface area (Å²) in [6, 6.07) is 5.40. The van der Waals surface area contributed by atoms with Crippen LogP contribution in [0.4, 0.5) is 0 Å². The van der Waals surface area contributed by atoms with Gasteiger partial charge in [0, 0.05) is 0 Å². The van der Waals surface area contributed by atoms with Gasteiger partial charge in [0.05, 0.1) is 11.3 Å². The Bertz CT molecular complexity index is 682. The number of hydrogen-bond donors (Lipinski definition) is 3. The monoisotopic (exact) mass is 342 g/mol. The number of carboxylic acids is 1. The summed E-state index contributed by atoms with van der Waals surface area (Å²) in [4.78, 5) is 22.2. The lowest BCUT2D eigenvalue weighted by Crippen LogP contribution is -2.45. The molecule has 1 aliphatic carbocycles. The molecule has 1 aliphatic rings. The normalized spacial score (nSPS) is 15.7. The molecule has 23 heavy (non-hydrogen) atoms. The average molecular weight is 342 g/mol. The van der Waals surface area contributed by atoms with E-state index in [0.717, 1.165) is 0 Å². The van der Waals surface area contributed by atoms with Crippen LogP contribution in [-0.4, -0.2) is 43.3 Å². The van der Waals surface area contributed by atoms with E-state index in [9.17, 15) is 18.0 Å². The van der Waals surface area contributed by atoms with Crippen molar-refractivity contribution in [2.45, 2.75) is 30.6 Å². The maximum absolute atomic E-state index is 11.8. The van der Waals surface area contributed by atoms with E-state index in [2.05, 4.69) is 0 Å². The Morgan fingerprint density at radius 2 is 1.91 bits per heavy atom. The van der Waals surface area contributed by atoms with Crippen LogP contribution >= 0.6 is 0 Å². The number of nitrogens with two attached hydrogens (primary N) is 1. The molecule has 0 radical (unpaired) electrons. The van der Waals surface area contributed by atoms with E-state index < -0.39 is 39.8 Å². The average Bonchev–Trinajstić information content (AvgIpc) is 3.31. The second-order valence-electron chi connectivity index (χ2n) is 5.35. The molecule has 2 rings (SSSR count). The van der Waals surface area contributed by atoms with E-state index in [1.54, 1.807) is 24.3 Å². The van der Waals surface area contributed by atoms with Gasteiger partial charge in [-0.3, -0.25) is 9.52 Å². The van der Waals surface area contributed by atoms with Gasteiger partial charge < -0.3 is 15.6 Å². The molecular weight excluding hydrogens is 324 g/mol. The van der Waals surface area contributed by atoms with E-state index in [-0.39, 0.29) is 6.42 Å². The summed E-state index contributed by atoms with van der Waals surface area (Å²) < 4.78 is 30.3. The molecule has 0 bridgehead atoms. The Hall–Kier alpha value is -2.13. The summed E-state index contributed by atoms with van der Waals surface area (Å²) in [5.74, 6) is -1.43. The zero-order chi connectivity index (χ0) is 17.0. The lowest BCUT2D eigenvalue weighted by atomic mass is 10.1. The summed E-state index contributed by atoms with van der Waals surface area (Å²) in [5.41, 5.74) is 6.44. The zero-order valence-corrected chi connectivity index (χ0v) is 13.1. The standard InChI is InChI=1S/C14H18N2O6S/c15-12(14(19)16-23(20,21)11-5-6-11)7-9-1-3-10(4-2-9)22-8-13(17)18/h1-4,11-12H,5-8,15H2,(H,16,19)(H,17,18)/t12-/m0/s1. The van der Waals surface area contributed by atoms with Gasteiger partial charge in [-0.1, -0.05) is 12.1 Å². The molecule has 1 atom stereocenters. The molecule has 0 unspecified atom stereocenters. The fourth-order valence-electron chi connectivity index (χ4n) is 1.89. The molecule has 1 aromatic carbocycles. The quantitative estimate of drug-likeness (QED) is 0.586. The molecular formula is C14H18N2O6S. The highest BCUT2D eigenvalue weighted by molar-refractivity contribution is 7.90.